The number of hydrogen-bond acceptors (Lipinski definition) is 3. The second-order valence-corrected chi connectivity index (χ2v) is 5.08. The summed E-state index contributed by atoms with van der Waals surface area (Å²) in [5, 5.41) is 0.954. The summed E-state index contributed by atoms with van der Waals surface area (Å²) in [6.07, 6.45) is 0.743. The quantitative estimate of drug-likeness (QED) is 0.717. The number of carbonyl (C=O) groups is 1. The molecule has 0 N–H and O–H groups in total. The summed E-state index contributed by atoms with van der Waals surface area (Å²) in [5.41, 5.74) is 1.30. The lowest BCUT2D eigenvalue weighted by Crippen LogP contribution is -2.02. The van der Waals surface area contributed by atoms with Crippen LogP contribution in [-0.2, 0) is 6.61 Å². The number of rotatable bonds is 6. The van der Waals surface area contributed by atoms with Gasteiger partial charge in [0.2, 0.25) is 0 Å². The number of aldehydes is 1. The van der Waals surface area contributed by atoms with E-state index in [4.69, 9.17) is 32.7 Å². The van der Waals surface area contributed by atoms with Crippen molar-refractivity contribution in [2.45, 2.75) is 13.5 Å². The molecule has 110 valence electrons. The van der Waals surface area contributed by atoms with Crippen LogP contribution in [0.15, 0.2) is 36.4 Å². The smallest absolute Gasteiger partial charge is 0.172 e. The maximum atomic E-state index is 11.1. The normalized spacial score (nSPS) is 10.2. The number of carbonyl (C=O) groups excluding carboxylic acids is 1. The van der Waals surface area contributed by atoms with Gasteiger partial charge in [-0.3, -0.25) is 4.79 Å². The molecule has 0 radical (unpaired) electrons. The minimum atomic E-state index is 0.266. The minimum Gasteiger partial charge on any atom is -0.490 e. The summed E-state index contributed by atoms with van der Waals surface area (Å²) in [6, 6.07) is 10.4. The van der Waals surface area contributed by atoms with E-state index in [1.165, 1.54) is 0 Å². The fourth-order valence-corrected chi connectivity index (χ4v) is 2.15. The number of benzene rings is 2. The van der Waals surface area contributed by atoms with E-state index < -0.39 is 0 Å². The van der Waals surface area contributed by atoms with Crippen molar-refractivity contribution in [2.24, 2.45) is 0 Å². The van der Waals surface area contributed by atoms with Crippen molar-refractivity contribution in [2.75, 3.05) is 6.61 Å². The van der Waals surface area contributed by atoms with Crippen molar-refractivity contribution in [1.29, 1.82) is 0 Å². The molecule has 0 aromatic heterocycles. The van der Waals surface area contributed by atoms with E-state index in [0.29, 0.717) is 33.7 Å². The van der Waals surface area contributed by atoms with Gasteiger partial charge in [-0.15, -0.1) is 0 Å². The monoisotopic (exact) mass is 324 g/mol. The van der Waals surface area contributed by atoms with Gasteiger partial charge in [0.05, 0.1) is 22.2 Å². The first-order valence-corrected chi connectivity index (χ1v) is 7.19. The van der Waals surface area contributed by atoms with Crippen LogP contribution in [0.2, 0.25) is 10.0 Å². The summed E-state index contributed by atoms with van der Waals surface area (Å²) in [6.45, 7) is 2.63. The van der Waals surface area contributed by atoms with Gasteiger partial charge in [-0.05, 0) is 36.8 Å². The fraction of sp³-hybridized carbons (Fsp3) is 0.188. The lowest BCUT2D eigenvalue weighted by Gasteiger charge is -2.14. The molecule has 2 rings (SSSR count). The summed E-state index contributed by atoms with van der Waals surface area (Å²) >= 11 is 11.8. The second-order valence-electron chi connectivity index (χ2n) is 4.26. The molecule has 0 aliphatic rings. The van der Waals surface area contributed by atoms with E-state index in [-0.39, 0.29) is 6.61 Å². The highest BCUT2D eigenvalue weighted by Gasteiger charge is 2.11. The number of para-hydroxylation sites is 1. The van der Waals surface area contributed by atoms with Crippen LogP contribution in [0.5, 0.6) is 11.5 Å². The van der Waals surface area contributed by atoms with Gasteiger partial charge in [0.15, 0.2) is 17.8 Å². The highest BCUT2D eigenvalue weighted by atomic mass is 35.5. The Bertz CT molecular complexity index is 641. The van der Waals surface area contributed by atoms with Crippen molar-refractivity contribution in [3.63, 3.8) is 0 Å². The molecule has 3 nitrogen and oxygen atoms in total. The van der Waals surface area contributed by atoms with Crippen LogP contribution in [0.1, 0.15) is 22.8 Å². The molecule has 0 amide bonds. The van der Waals surface area contributed by atoms with Crippen molar-refractivity contribution in [3.8, 4) is 11.5 Å². The third kappa shape index (κ3) is 3.90. The zero-order valence-electron chi connectivity index (χ0n) is 11.4. The van der Waals surface area contributed by atoms with E-state index in [1.807, 2.05) is 13.0 Å². The first-order chi connectivity index (χ1) is 10.2. The topological polar surface area (TPSA) is 35.5 Å². The molecular formula is C16H14Cl2O3. The SMILES string of the molecule is CCOc1cccc(C=O)c1OCc1ccc(Cl)c(Cl)c1. The van der Waals surface area contributed by atoms with Crippen LogP contribution in [0.4, 0.5) is 0 Å². The maximum absolute atomic E-state index is 11.1. The Hall–Kier alpha value is -1.71. The van der Waals surface area contributed by atoms with Gasteiger partial charge in [-0.2, -0.15) is 0 Å². The van der Waals surface area contributed by atoms with Gasteiger partial charge in [0.1, 0.15) is 6.61 Å². The van der Waals surface area contributed by atoms with Crippen LogP contribution >= 0.6 is 23.2 Å². The summed E-state index contributed by atoms with van der Waals surface area (Å²) in [4.78, 5) is 11.1. The van der Waals surface area contributed by atoms with E-state index in [1.54, 1.807) is 30.3 Å². The molecule has 0 bridgehead atoms. The van der Waals surface area contributed by atoms with Crippen LogP contribution in [0.25, 0.3) is 0 Å². The molecule has 0 fully saturated rings. The van der Waals surface area contributed by atoms with Crippen molar-refractivity contribution in [1.82, 2.24) is 0 Å². The highest BCUT2D eigenvalue weighted by molar-refractivity contribution is 6.42. The van der Waals surface area contributed by atoms with Crippen molar-refractivity contribution < 1.29 is 14.3 Å². The zero-order chi connectivity index (χ0) is 15.2. The Morgan fingerprint density at radius 1 is 1.10 bits per heavy atom. The Morgan fingerprint density at radius 3 is 2.57 bits per heavy atom. The van der Waals surface area contributed by atoms with Crippen LogP contribution in [-0.4, -0.2) is 12.9 Å². The standard InChI is InChI=1S/C16H14Cl2O3/c1-2-20-15-5-3-4-12(9-19)16(15)21-10-11-6-7-13(17)14(18)8-11/h3-9H,2,10H2,1H3. The molecule has 5 heteroatoms. The molecule has 0 unspecified atom stereocenters. The van der Waals surface area contributed by atoms with Crippen LogP contribution in [0.3, 0.4) is 0 Å². The largest absolute Gasteiger partial charge is 0.490 e. The van der Waals surface area contributed by atoms with Gasteiger partial charge in [0, 0.05) is 0 Å². The van der Waals surface area contributed by atoms with Gasteiger partial charge >= 0.3 is 0 Å². The Balaban J connectivity index is 2.21. The van der Waals surface area contributed by atoms with Crippen molar-refractivity contribution >= 4 is 29.5 Å². The maximum Gasteiger partial charge on any atom is 0.172 e. The average Bonchev–Trinajstić information content (AvgIpc) is 2.49. The second kappa shape index (κ2) is 7.34. The van der Waals surface area contributed by atoms with E-state index in [0.717, 1.165) is 11.8 Å². The number of ether oxygens (including phenoxy) is 2. The predicted molar refractivity (Wildman–Crippen MR) is 83.8 cm³/mol. The minimum absolute atomic E-state index is 0.266. The molecule has 0 aliphatic carbocycles. The molecule has 0 saturated heterocycles. The van der Waals surface area contributed by atoms with Gasteiger partial charge in [-0.1, -0.05) is 35.3 Å². The molecule has 2 aromatic carbocycles. The zero-order valence-corrected chi connectivity index (χ0v) is 12.9. The Morgan fingerprint density at radius 2 is 1.90 bits per heavy atom. The molecule has 0 spiro atoms. The highest BCUT2D eigenvalue weighted by Crippen LogP contribution is 2.31. The number of halogens is 2. The van der Waals surface area contributed by atoms with Gasteiger partial charge < -0.3 is 9.47 Å². The van der Waals surface area contributed by atoms with Crippen LogP contribution < -0.4 is 9.47 Å². The Kier molecular flexibility index (Phi) is 5.48. The van der Waals surface area contributed by atoms with E-state index in [2.05, 4.69) is 0 Å². The molecule has 0 heterocycles. The summed E-state index contributed by atoms with van der Waals surface area (Å²) in [7, 11) is 0. The summed E-state index contributed by atoms with van der Waals surface area (Å²) in [5.74, 6) is 0.975. The van der Waals surface area contributed by atoms with Gasteiger partial charge in [-0.25, -0.2) is 0 Å². The predicted octanol–water partition coefficient (Wildman–Crippen LogP) is 4.78. The molecular weight excluding hydrogens is 311 g/mol. The molecule has 21 heavy (non-hydrogen) atoms. The first kappa shape index (κ1) is 15.7. The van der Waals surface area contributed by atoms with E-state index >= 15 is 0 Å². The average molecular weight is 325 g/mol. The van der Waals surface area contributed by atoms with Crippen LogP contribution in [0, 0.1) is 0 Å². The molecule has 0 atom stereocenters. The molecule has 0 saturated carbocycles. The first-order valence-electron chi connectivity index (χ1n) is 6.43. The summed E-state index contributed by atoms with van der Waals surface area (Å²) < 4.78 is 11.2. The third-order valence-corrected chi connectivity index (χ3v) is 3.54. The lowest BCUT2D eigenvalue weighted by molar-refractivity contribution is 0.111. The lowest BCUT2D eigenvalue weighted by atomic mass is 10.2. The fourth-order valence-electron chi connectivity index (χ4n) is 1.83. The molecule has 0 aliphatic heterocycles. The van der Waals surface area contributed by atoms with E-state index in [9.17, 15) is 4.79 Å². The third-order valence-electron chi connectivity index (χ3n) is 2.80. The van der Waals surface area contributed by atoms with Gasteiger partial charge in [0.25, 0.3) is 0 Å². The number of hydrogen-bond donors (Lipinski definition) is 0. The molecule has 2 aromatic rings. The Labute approximate surface area is 133 Å². The van der Waals surface area contributed by atoms with Crippen molar-refractivity contribution in [3.05, 3.63) is 57.6 Å².